The fraction of sp³-hybridized carbons (Fsp3) is 0.200. The number of nitrogens with one attached hydrogen (secondary N) is 1. The van der Waals surface area contributed by atoms with Crippen LogP contribution in [0.2, 0.25) is 0 Å². The van der Waals surface area contributed by atoms with E-state index in [9.17, 15) is 17.6 Å². The third kappa shape index (κ3) is 4.19. The van der Waals surface area contributed by atoms with Crippen LogP contribution in [0.5, 0.6) is 0 Å². The van der Waals surface area contributed by atoms with Crippen LogP contribution in [0.3, 0.4) is 0 Å². The number of rotatable bonds is 6. The molecule has 0 radical (unpaired) electrons. The molecule has 0 aliphatic rings. The Hall–Kier alpha value is -2.85. The highest BCUT2D eigenvalue weighted by molar-refractivity contribution is 7.99. The third-order valence-corrected chi connectivity index (χ3v) is 7.18. The van der Waals surface area contributed by atoms with E-state index in [-0.39, 0.29) is 33.1 Å². The van der Waals surface area contributed by atoms with Gasteiger partial charge in [0, 0.05) is 5.69 Å². The highest BCUT2D eigenvalue weighted by Crippen LogP contribution is 2.34. The highest BCUT2D eigenvalue weighted by Gasteiger charge is 2.29. The standard InChI is InChI=1S/C20H21FN4O3S2/c1-12-5-4-6-13(2)17(12)23-16(26)11-25-19(22)18(20(24-25)29-3)30(27,28)15-9-7-14(21)8-10-15/h4-10H,11,22H2,1-3H3,(H,23,26). The number of thioether (sulfide) groups is 1. The molecular weight excluding hydrogens is 427 g/mol. The van der Waals surface area contributed by atoms with Gasteiger partial charge >= 0.3 is 0 Å². The first kappa shape index (κ1) is 21.8. The van der Waals surface area contributed by atoms with Crippen LogP contribution < -0.4 is 11.1 Å². The van der Waals surface area contributed by atoms with Crippen molar-refractivity contribution >= 4 is 39.0 Å². The van der Waals surface area contributed by atoms with Gasteiger partial charge in [-0.2, -0.15) is 5.10 Å². The van der Waals surface area contributed by atoms with E-state index in [0.29, 0.717) is 5.69 Å². The van der Waals surface area contributed by atoms with Crippen LogP contribution in [0.25, 0.3) is 0 Å². The zero-order valence-electron chi connectivity index (χ0n) is 16.6. The van der Waals surface area contributed by atoms with Crippen LogP contribution in [0, 0.1) is 19.7 Å². The first-order chi connectivity index (χ1) is 14.1. The Balaban J connectivity index is 1.94. The number of nitrogens with two attached hydrogens (primary N) is 1. The van der Waals surface area contributed by atoms with Gasteiger partial charge in [0.05, 0.1) is 4.90 Å². The van der Waals surface area contributed by atoms with Crippen LogP contribution in [-0.4, -0.2) is 30.4 Å². The Morgan fingerprint density at radius 2 is 1.77 bits per heavy atom. The van der Waals surface area contributed by atoms with Gasteiger partial charge < -0.3 is 11.1 Å². The molecule has 0 atom stereocenters. The van der Waals surface area contributed by atoms with Crippen molar-refractivity contribution in [2.24, 2.45) is 0 Å². The normalized spacial score (nSPS) is 11.5. The summed E-state index contributed by atoms with van der Waals surface area (Å²) in [6.07, 6.45) is 1.66. The molecule has 158 valence electrons. The Bertz CT molecular complexity index is 1190. The van der Waals surface area contributed by atoms with E-state index in [4.69, 9.17) is 5.73 Å². The molecule has 3 N–H and O–H groups in total. The number of hydrogen-bond acceptors (Lipinski definition) is 6. The van der Waals surface area contributed by atoms with Crippen molar-refractivity contribution in [2.75, 3.05) is 17.3 Å². The molecule has 3 aromatic rings. The van der Waals surface area contributed by atoms with Gasteiger partial charge in [0.2, 0.25) is 15.7 Å². The van der Waals surface area contributed by atoms with Gasteiger partial charge in [0.15, 0.2) is 0 Å². The summed E-state index contributed by atoms with van der Waals surface area (Å²) in [5.41, 5.74) is 8.59. The second-order valence-electron chi connectivity index (χ2n) is 6.65. The molecular formula is C20H21FN4O3S2. The molecule has 30 heavy (non-hydrogen) atoms. The summed E-state index contributed by atoms with van der Waals surface area (Å²) >= 11 is 1.09. The number of halogens is 1. The number of aromatic nitrogens is 2. The smallest absolute Gasteiger partial charge is 0.246 e. The number of nitrogen functional groups attached to an aromatic ring is 1. The number of carbonyl (C=O) groups is 1. The van der Waals surface area contributed by atoms with Gasteiger partial charge in [0.1, 0.15) is 28.1 Å². The minimum atomic E-state index is -4.04. The lowest BCUT2D eigenvalue weighted by atomic mass is 10.1. The van der Waals surface area contributed by atoms with E-state index in [0.717, 1.165) is 39.7 Å². The summed E-state index contributed by atoms with van der Waals surface area (Å²) in [7, 11) is -4.04. The maximum atomic E-state index is 13.2. The third-order valence-electron chi connectivity index (χ3n) is 4.54. The molecule has 0 fully saturated rings. The number of carbonyl (C=O) groups excluding carboxylic acids is 1. The predicted molar refractivity (Wildman–Crippen MR) is 115 cm³/mol. The lowest BCUT2D eigenvalue weighted by Gasteiger charge is -2.12. The zero-order chi connectivity index (χ0) is 22.1. The Labute approximate surface area is 178 Å². The maximum absolute atomic E-state index is 13.2. The van der Waals surface area contributed by atoms with Crippen LogP contribution in [0.15, 0.2) is 57.3 Å². The summed E-state index contributed by atoms with van der Waals surface area (Å²) in [4.78, 5) is 12.3. The molecule has 1 aromatic heterocycles. The van der Waals surface area contributed by atoms with Crippen molar-refractivity contribution < 1.29 is 17.6 Å². The van der Waals surface area contributed by atoms with Crippen LogP contribution in [0.4, 0.5) is 15.9 Å². The molecule has 0 bridgehead atoms. The molecule has 0 unspecified atom stereocenters. The number of sulfone groups is 1. The van der Waals surface area contributed by atoms with Crippen LogP contribution >= 0.6 is 11.8 Å². The minimum Gasteiger partial charge on any atom is -0.383 e. The first-order valence-electron chi connectivity index (χ1n) is 8.92. The number of aryl methyl sites for hydroxylation is 2. The molecule has 7 nitrogen and oxygen atoms in total. The fourth-order valence-electron chi connectivity index (χ4n) is 3.00. The van der Waals surface area contributed by atoms with Crippen molar-refractivity contribution in [3.8, 4) is 0 Å². The SMILES string of the molecule is CSc1nn(CC(=O)Nc2c(C)cccc2C)c(N)c1S(=O)(=O)c1ccc(F)cc1. The van der Waals surface area contributed by atoms with E-state index in [1.54, 1.807) is 6.26 Å². The quantitative estimate of drug-likeness (QED) is 0.442. The van der Waals surface area contributed by atoms with Crippen LogP contribution in [0.1, 0.15) is 11.1 Å². The number of hydrogen-bond donors (Lipinski definition) is 2. The number of nitrogens with zero attached hydrogens (tertiary/aromatic N) is 2. The van der Waals surface area contributed by atoms with Crippen molar-refractivity contribution in [1.82, 2.24) is 9.78 Å². The summed E-state index contributed by atoms with van der Waals surface area (Å²) in [5, 5.41) is 7.19. The summed E-state index contributed by atoms with van der Waals surface area (Å²) in [5.74, 6) is -1.09. The van der Waals surface area contributed by atoms with E-state index < -0.39 is 15.7 Å². The zero-order valence-corrected chi connectivity index (χ0v) is 18.3. The minimum absolute atomic E-state index is 0.106. The monoisotopic (exact) mass is 448 g/mol. The topological polar surface area (TPSA) is 107 Å². The van der Waals surface area contributed by atoms with Gasteiger partial charge in [-0.15, -0.1) is 11.8 Å². The molecule has 0 saturated carbocycles. The van der Waals surface area contributed by atoms with Crippen molar-refractivity contribution in [3.05, 3.63) is 59.4 Å². The number of para-hydroxylation sites is 1. The molecule has 0 saturated heterocycles. The van der Waals surface area contributed by atoms with Gasteiger partial charge in [-0.05, 0) is 55.5 Å². The predicted octanol–water partition coefficient (Wildman–Crippen LogP) is 3.41. The summed E-state index contributed by atoms with van der Waals surface area (Å²) < 4.78 is 40.5. The number of anilines is 2. The second kappa shape index (κ2) is 8.49. The molecule has 0 aliphatic carbocycles. The average molecular weight is 449 g/mol. The van der Waals surface area contributed by atoms with Crippen molar-refractivity contribution in [1.29, 1.82) is 0 Å². The summed E-state index contributed by atoms with van der Waals surface area (Å²) in [6.45, 7) is 3.50. The van der Waals surface area contributed by atoms with Gasteiger partial charge in [-0.25, -0.2) is 17.5 Å². The lowest BCUT2D eigenvalue weighted by Crippen LogP contribution is -2.21. The number of benzene rings is 2. The molecule has 0 spiro atoms. The second-order valence-corrected chi connectivity index (χ2v) is 9.34. The average Bonchev–Trinajstić information content (AvgIpc) is 3.01. The lowest BCUT2D eigenvalue weighted by molar-refractivity contribution is -0.116. The van der Waals surface area contributed by atoms with E-state index in [1.165, 1.54) is 12.1 Å². The first-order valence-corrected chi connectivity index (χ1v) is 11.6. The van der Waals surface area contributed by atoms with Crippen molar-refractivity contribution in [2.45, 2.75) is 35.2 Å². The molecule has 10 heteroatoms. The van der Waals surface area contributed by atoms with Crippen molar-refractivity contribution in [3.63, 3.8) is 0 Å². The van der Waals surface area contributed by atoms with Gasteiger partial charge in [0.25, 0.3) is 0 Å². The van der Waals surface area contributed by atoms with E-state index in [1.807, 2.05) is 32.0 Å². The fourth-order valence-corrected chi connectivity index (χ4v) is 5.43. The largest absolute Gasteiger partial charge is 0.383 e. The molecule has 1 amide bonds. The Morgan fingerprint density at radius 1 is 1.17 bits per heavy atom. The molecule has 0 aliphatic heterocycles. The van der Waals surface area contributed by atoms with Crippen LogP contribution in [-0.2, 0) is 21.2 Å². The van der Waals surface area contributed by atoms with Gasteiger partial charge in [-0.3, -0.25) is 4.79 Å². The van der Waals surface area contributed by atoms with E-state index >= 15 is 0 Å². The number of amides is 1. The molecule has 1 heterocycles. The molecule has 3 rings (SSSR count). The highest BCUT2D eigenvalue weighted by atomic mass is 32.2. The summed E-state index contributed by atoms with van der Waals surface area (Å²) in [6, 6.07) is 10.1. The maximum Gasteiger partial charge on any atom is 0.246 e. The molecule has 2 aromatic carbocycles. The Kier molecular flexibility index (Phi) is 6.18. The van der Waals surface area contributed by atoms with Gasteiger partial charge in [-0.1, -0.05) is 18.2 Å². The van der Waals surface area contributed by atoms with E-state index in [2.05, 4.69) is 10.4 Å². The Morgan fingerprint density at radius 3 is 2.33 bits per heavy atom.